The number of carbonyl (C=O) groups is 3. The molecular formula is C9H8O3S2. The molecule has 0 radical (unpaired) electrons. The number of thiol groups is 1. The summed E-state index contributed by atoms with van der Waals surface area (Å²) in [5.41, 5.74) is 0.816. The van der Waals surface area contributed by atoms with Crippen LogP contribution in [0.15, 0.2) is 24.3 Å². The van der Waals surface area contributed by atoms with E-state index in [9.17, 15) is 9.59 Å². The molecule has 0 atom stereocenters. The summed E-state index contributed by atoms with van der Waals surface area (Å²) in [6.45, 7) is 2.00. The molecule has 0 spiro atoms. The van der Waals surface area contributed by atoms with Crippen LogP contribution in [0.5, 0.6) is 0 Å². The lowest BCUT2D eigenvalue weighted by Gasteiger charge is -1.98. The van der Waals surface area contributed by atoms with Crippen LogP contribution in [0.3, 0.4) is 0 Å². The van der Waals surface area contributed by atoms with Crippen LogP contribution in [0.25, 0.3) is 0 Å². The first-order valence-corrected chi connectivity index (χ1v) is 5.35. The van der Waals surface area contributed by atoms with Crippen LogP contribution in [-0.4, -0.2) is 18.2 Å². The van der Waals surface area contributed by atoms with Gasteiger partial charge in [-0.2, -0.15) is 0 Å². The summed E-state index contributed by atoms with van der Waals surface area (Å²) in [5, 5.41) is -0.207. The molecule has 0 aliphatic heterocycles. The van der Waals surface area contributed by atoms with E-state index in [-0.39, 0.29) is 5.12 Å². The molecule has 5 heteroatoms. The van der Waals surface area contributed by atoms with Crippen molar-refractivity contribution in [2.24, 2.45) is 0 Å². The molecule has 0 unspecified atom stereocenters. The van der Waals surface area contributed by atoms with Gasteiger partial charge >= 0.3 is 0 Å². The molecule has 0 amide bonds. The van der Waals surface area contributed by atoms with Gasteiger partial charge in [-0.3, -0.25) is 9.59 Å². The van der Waals surface area contributed by atoms with Gasteiger partial charge in [-0.15, -0.1) is 11.7 Å². The Morgan fingerprint density at radius 3 is 2.43 bits per heavy atom. The Morgan fingerprint density at radius 1 is 1.36 bits per heavy atom. The molecule has 74 valence electrons. The maximum Gasteiger partial charge on any atom is 0.230 e. The fourth-order valence-electron chi connectivity index (χ4n) is 0.835. The van der Waals surface area contributed by atoms with E-state index < -0.39 is 0 Å². The third-order valence-corrected chi connectivity index (χ3v) is 2.27. The Kier molecular flexibility index (Phi) is 6.78. The van der Waals surface area contributed by atoms with E-state index in [2.05, 4.69) is 11.7 Å². The van der Waals surface area contributed by atoms with E-state index in [4.69, 9.17) is 4.79 Å². The molecule has 0 heterocycles. The summed E-state index contributed by atoms with van der Waals surface area (Å²) < 4.78 is 0. The maximum atomic E-state index is 11.1. The Balaban J connectivity index is 0.000000791. The van der Waals surface area contributed by atoms with Crippen molar-refractivity contribution >= 4 is 40.6 Å². The fraction of sp³-hybridized carbons (Fsp3) is 0. The van der Waals surface area contributed by atoms with Crippen molar-refractivity contribution < 1.29 is 14.4 Å². The van der Waals surface area contributed by atoms with E-state index in [0.29, 0.717) is 17.4 Å². The van der Waals surface area contributed by atoms with Crippen LogP contribution in [-0.2, 0) is 4.79 Å². The molecule has 0 saturated heterocycles. The normalized spacial score (nSPS) is 8.36. The topological polar surface area (TPSA) is 51.2 Å². The Morgan fingerprint density at radius 2 is 1.93 bits per heavy atom. The standard InChI is InChI=1S/C8H6O2S2.CH2O/c9-5-6-3-1-2-4-7(6)8(10)12-11;1-2/h1-5,11H;1H2. The Bertz CT molecular complexity index is 326. The smallest absolute Gasteiger partial charge is 0.230 e. The third kappa shape index (κ3) is 3.35. The minimum atomic E-state index is -0.207. The summed E-state index contributed by atoms with van der Waals surface area (Å²) in [4.78, 5) is 29.6. The van der Waals surface area contributed by atoms with Crippen molar-refractivity contribution in [1.82, 2.24) is 0 Å². The van der Waals surface area contributed by atoms with Crippen molar-refractivity contribution in [1.29, 1.82) is 0 Å². The molecule has 0 N–H and O–H groups in total. The van der Waals surface area contributed by atoms with Crippen LogP contribution < -0.4 is 0 Å². The van der Waals surface area contributed by atoms with Gasteiger partial charge in [0.15, 0.2) is 6.29 Å². The highest BCUT2D eigenvalue weighted by Crippen LogP contribution is 2.17. The summed E-state index contributed by atoms with van der Waals surface area (Å²) in [6.07, 6.45) is 0.664. The zero-order valence-corrected chi connectivity index (χ0v) is 8.88. The fourth-order valence-corrected chi connectivity index (χ4v) is 1.41. The van der Waals surface area contributed by atoms with Crippen LogP contribution in [0, 0.1) is 0 Å². The minimum Gasteiger partial charge on any atom is -0.307 e. The average molecular weight is 228 g/mol. The zero-order valence-electron chi connectivity index (χ0n) is 7.17. The second-order valence-corrected chi connectivity index (χ2v) is 3.18. The van der Waals surface area contributed by atoms with Crippen molar-refractivity contribution in [3.63, 3.8) is 0 Å². The first kappa shape index (κ1) is 12.9. The van der Waals surface area contributed by atoms with Crippen molar-refractivity contribution in [3.8, 4) is 0 Å². The van der Waals surface area contributed by atoms with E-state index in [0.717, 1.165) is 10.8 Å². The second-order valence-electron chi connectivity index (χ2n) is 2.08. The number of aldehydes is 1. The van der Waals surface area contributed by atoms with Gasteiger partial charge in [-0.25, -0.2) is 0 Å². The maximum absolute atomic E-state index is 11.1. The van der Waals surface area contributed by atoms with Gasteiger partial charge in [0.1, 0.15) is 6.79 Å². The molecule has 3 nitrogen and oxygen atoms in total. The van der Waals surface area contributed by atoms with Crippen molar-refractivity contribution in [3.05, 3.63) is 35.4 Å². The first-order valence-electron chi connectivity index (χ1n) is 3.48. The Hall–Kier alpha value is -1.07. The molecule has 0 aliphatic carbocycles. The largest absolute Gasteiger partial charge is 0.307 e. The van der Waals surface area contributed by atoms with Gasteiger partial charge < -0.3 is 4.79 Å². The molecule has 1 aromatic carbocycles. The number of benzene rings is 1. The molecule has 0 aromatic heterocycles. The van der Waals surface area contributed by atoms with Crippen LogP contribution >= 0.6 is 22.5 Å². The first-order chi connectivity index (χ1) is 6.79. The molecular weight excluding hydrogens is 220 g/mol. The third-order valence-electron chi connectivity index (χ3n) is 1.39. The lowest BCUT2D eigenvalue weighted by Crippen LogP contribution is -1.96. The van der Waals surface area contributed by atoms with E-state index in [1.807, 2.05) is 6.79 Å². The molecule has 1 aromatic rings. The predicted octanol–water partition coefficient (Wildman–Crippen LogP) is 2.03. The highest BCUT2D eigenvalue weighted by atomic mass is 33.1. The van der Waals surface area contributed by atoms with E-state index >= 15 is 0 Å². The molecule has 0 bridgehead atoms. The van der Waals surface area contributed by atoms with Crippen LogP contribution in [0.4, 0.5) is 0 Å². The lowest BCUT2D eigenvalue weighted by molar-refractivity contribution is -0.0980. The molecule has 0 fully saturated rings. The highest BCUT2D eigenvalue weighted by molar-refractivity contribution is 8.75. The van der Waals surface area contributed by atoms with Gasteiger partial charge in [-0.1, -0.05) is 18.2 Å². The van der Waals surface area contributed by atoms with Crippen molar-refractivity contribution in [2.45, 2.75) is 0 Å². The monoisotopic (exact) mass is 228 g/mol. The van der Waals surface area contributed by atoms with Gasteiger partial charge in [0, 0.05) is 11.1 Å². The van der Waals surface area contributed by atoms with Crippen LogP contribution in [0.1, 0.15) is 20.7 Å². The molecule has 0 saturated carbocycles. The summed E-state index contributed by atoms with van der Waals surface area (Å²) in [7, 11) is 0.804. The summed E-state index contributed by atoms with van der Waals surface area (Å²) >= 11 is 3.76. The molecule has 14 heavy (non-hydrogen) atoms. The predicted molar refractivity (Wildman–Crippen MR) is 59.9 cm³/mol. The highest BCUT2D eigenvalue weighted by Gasteiger charge is 2.08. The van der Waals surface area contributed by atoms with Crippen LogP contribution in [0.2, 0.25) is 0 Å². The quantitative estimate of drug-likeness (QED) is 0.478. The second kappa shape index (κ2) is 7.34. The zero-order chi connectivity index (χ0) is 11.0. The number of hydrogen-bond donors (Lipinski definition) is 1. The minimum absolute atomic E-state index is 0.207. The van der Waals surface area contributed by atoms with Gasteiger partial charge in [0.25, 0.3) is 0 Å². The summed E-state index contributed by atoms with van der Waals surface area (Å²) in [6, 6.07) is 6.63. The number of rotatable bonds is 2. The summed E-state index contributed by atoms with van der Waals surface area (Å²) in [5.74, 6) is 0. The lowest BCUT2D eigenvalue weighted by atomic mass is 10.1. The molecule has 0 aliphatic rings. The SMILES string of the molecule is C=O.O=Cc1ccccc1C(=O)SS. The average Bonchev–Trinajstić information content (AvgIpc) is 2.30. The number of carbonyl (C=O) groups excluding carboxylic acids is 3. The molecule has 1 rings (SSSR count). The van der Waals surface area contributed by atoms with Gasteiger partial charge in [0.05, 0.1) is 0 Å². The van der Waals surface area contributed by atoms with Crippen molar-refractivity contribution in [2.75, 3.05) is 0 Å². The van der Waals surface area contributed by atoms with E-state index in [1.165, 1.54) is 0 Å². The number of hydrogen-bond acceptors (Lipinski definition) is 5. The Labute approximate surface area is 90.7 Å². The van der Waals surface area contributed by atoms with Gasteiger partial charge in [-0.05, 0) is 16.9 Å². The van der Waals surface area contributed by atoms with Gasteiger partial charge in [0.2, 0.25) is 5.12 Å². The van der Waals surface area contributed by atoms with E-state index in [1.54, 1.807) is 24.3 Å².